The van der Waals surface area contributed by atoms with Gasteiger partial charge in [0, 0.05) is 36.6 Å². The van der Waals surface area contributed by atoms with Crippen molar-refractivity contribution in [3.05, 3.63) is 97.4 Å². The van der Waals surface area contributed by atoms with Crippen LogP contribution >= 0.6 is 0 Å². The molecule has 1 atom stereocenters. The van der Waals surface area contributed by atoms with Crippen LogP contribution in [0.25, 0.3) is 16.8 Å². The first-order chi connectivity index (χ1) is 15.2. The molecule has 31 heavy (non-hydrogen) atoms. The minimum atomic E-state index is -0.781. The van der Waals surface area contributed by atoms with E-state index in [1.165, 1.54) is 6.08 Å². The number of benzene rings is 2. The van der Waals surface area contributed by atoms with Gasteiger partial charge in [-0.3, -0.25) is 14.6 Å². The maximum Gasteiger partial charge on any atom is 0.248 e. The van der Waals surface area contributed by atoms with Crippen molar-refractivity contribution in [1.82, 2.24) is 19.9 Å². The van der Waals surface area contributed by atoms with E-state index in [2.05, 4.69) is 20.6 Å². The smallest absolute Gasteiger partial charge is 0.248 e. The normalized spacial score (nSPS) is 12.0. The molecule has 0 radical (unpaired) electrons. The highest BCUT2D eigenvalue weighted by atomic mass is 16.2. The summed E-state index contributed by atoms with van der Waals surface area (Å²) in [6.45, 7) is 0.256. The predicted molar refractivity (Wildman–Crippen MR) is 120 cm³/mol. The molecular weight excluding hydrogens is 390 g/mol. The van der Waals surface area contributed by atoms with E-state index in [9.17, 15) is 9.59 Å². The lowest BCUT2D eigenvalue weighted by Crippen LogP contribution is -2.45. The molecule has 0 spiro atoms. The number of pyridine rings is 1. The van der Waals surface area contributed by atoms with Crippen LogP contribution in [0.3, 0.4) is 0 Å². The Morgan fingerprint density at radius 2 is 1.77 bits per heavy atom. The molecule has 2 heterocycles. The van der Waals surface area contributed by atoms with E-state index in [-0.39, 0.29) is 18.4 Å². The van der Waals surface area contributed by atoms with Crippen LogP contribution in [0.2, 0.25) is 0 Å². The largest absolute Gasteiger partial charge is 0.339 e. The van der Waals surface area contributed by atoms with Crippen LogP contribution in [0.15, 0.2) is 91.8 Å². The van der Waals surface area contributed by atoms with Crippen LogP contribution in [0.1, 0.15) is 5.56 Å². The lowest BCUT2D eigenvalue weighted by atomic mass is 10.1. The molecule has 0 aliphatic heterocycles. The van der Waals surface area contributed by atoms with Gasteiger partial charge in [-0.2, -0.15) is 0 Å². The summed E-state index contributed by atoms with van der Waals surface area (Å²) in [6, 6.07) is 16.6. The first-order valence-electron chi connectivity index (χ1n) is 9.81. The average Bonchev–Trinajstić information content (AvgIpc) is 3.31. The highest BCUT2D eigenvalue weighted by molar-refractivity contribution is 6.00. The fraction of sp³-hybridized carbons (Fsp3) is 0.0833. The molecule has 0 bridgehead atoms. The quantitative estimate of drug-likeness (QED) is 0.457. The molecule has 1 unspecified atom stereocenters. The molecular formula is C24H21N5O2. The summed E-state index contributed by atoms with van der Waals surface area (Å²) in [7, 11) is 0. The minimum absolute atomic E-state index is 0.256. The van der Waals surface area contributed by atoms with E-state index >= 15 is 0 Å². The van der Waals surface area contributed by atoms with Gasteiger partial charge in [0.05, 0.1) is 12.9 Å². The summed E-state index contributed by atoms with van der Waals surface area (Å²) >= 11 is 0. The van der Waals surface area contributed by atoms with E-state index in [1.54, 1.807) is 53.9 Å². The number of imidazole rings is 1. The van der Waals surface area contributed by atoms with Crippen LogP contribution in [-0.4, -0.2) is 32.4 Å². The first-order valence-corrected chi connectivity index (χ1v) is 9.81. The molecule has 154 valence electrons. The van der Waals surface area contributed by atoms with Crippen molar-refractivity contribution >= 4 is 34.4 Å². The van der Waals surface area contributed by atoms with Gasteiger partial charge in [0.25, 0.3) is 0 Å². The number of hydrogen-bond donors (Lipinski definition) is 2. The number of rotatable bonds is 7. The second-order valence-electron chi connectivity index (χ2n) is 6.99. The third-order valence-corrected chi connectivity index (χ3v) is 4.73. The van der Waals surface area contributed by atoms with Gasteiger partial charge in [0.2, 0.25) is 11.8 Å². The molecule has 7 heteroatoms. The molecule has 0 saturated carbocycles. The van der Waals surface area contributed by atoms with E-state index in [1.807, 2.05) is 42.5 Å². The second-order valence-corrected chi connectivity index (χ2v) is 6.99. The lowest BCUT2D eigenvalue weighted by molar-refractivity contribution is -0.124. The summed E-state index contributed by atoms with van der Waals surface area (Å²) < 4.78 is 1.74. The number of aromatic nitrogens is 3. The van der Waals surface area contributed by atoms with E-state index in [0.717, 1.165) is 16.3 Å². The monoisotopic (exact) mass is 411 g/mol. The van der Waals surface area contributed by atoms with Crippen molar-refractivity contribution in [3.63, 3.8) is 0 Å². The summed E-state index contributed by atoms with van der Waals surface area (Å²) in [5.74, 6) is -0.685. The van der Waals surface area contributed by atoms with Gasteiger partial charge in [-0.1, -0.05) is 36.4 Å². The molecule has 4 rings (SSSR count). The Balaban J connectivity index is 1.46. The Bertz CT molecular complexity index is 1200. The Kier molecular flexibility index (Phi) is 6.13. The van der Waals surface area contributed by atoms with Crippen molar-refractivity contribution in [2.24, 2.45) is 0 Å². The van der Waals surface area contributed by atoms with Crippen LogP contribution < -0.4 is 10.6 Å². The van der Waals surface area contributed by atoms with Crippen molar-refractivity contribution < 1.29 is 9.59 Å². The molecule has 4 aromatic rings. The number of carbonyl (C=O) groups excluding carboxylic acids is 2. The van der Waals surface area contributed by atoms with Gasteiger partial charge in [0.15, 0.2) is 0 Å². The summed E-state index contributed by atoms with van der Waals surface area (Å²) in [6.07, 6.45) is 11.3. The van der Waals surface area contributed by atoms with Crippen molar-refractivity contribution in [2.75, 3.05) is 5.32 Å². The Morgan fingerprint density at radius 3 is 2.55 bits per heavy atom. The third kappa shape index (κ3) is 5.42. The van der Waals surface area contributed by atoms with Gasteiger partial charge in [-0.15, -0.1) is 0 Å². The second kappa shape index (κ2) is 9.49. The van der Waals surface area contributed by atoms with Gasteiger partial charge in [-0.05, 0) is 40.6 Å². The topological polar surface area (TPSA) is 88.9 Å². The number of anilines is 1. The number of carbonyl (C=O) groups is 2. The molecule has 2 amide bonds. The van der Waals surface area contributed by atoms with Gasteiger partial charge in [0.1, 0.15) is 6.04 Å². The zero-order valence-corrected chi connectivity index (χ0v) is 16.7. The standard InChI is InChI=1S/C24H21N5O2/c30-23(8-6-18-5-7-19-3-1-2-4-20(19)15-18)28-22(16-29-14-13-26-17-29)24(31)27-21-9-11-25-12-10-21/h1-15,17,22H,16H2,(H,28,30)(H,25,27,31)/b8-6+. The number of hydrogen-bond acceptors (Lipinski definition) is 4. The Hall–Kier alpha value is -4.26. The van der Waals surface area contributed by atoms with E-state index < -0.39 is 6.04 Å². The van der Waals surface area contributed by atoms with Gasteiger partial charge < -0.3 is 15.2 Å². The summed E-state index contributed by atoms with van der Waals surface area (Å²) in [5, 5.41) is 7.82. The fourth-order valence-corrected chi connectivity index (χ4v) is 3.17. The maximum absolute atomic E-state index is 12.8. The molecule has 7 nitrogen and oxygen atoms in total. The summed E-state index contributed by atoms with van der Waals surface area (Å²) in [5.41, 5.74) is 1.51. The number of fused-ring (bicyclic) bond motifs is 1. The van der Waals surface area contributed by atoms with Crippen molar-refractivity contribution in [2.45, 2.75) is 12.6 Å². The minimum Gasteiger partial charge on any atom is -0.339 e. The number of nitrogens with one attached hydrogen (secondary N) is 2. The molecule has 0 aliphatic rings. The lowest BCUT2D eigenvalue weighted by Gasteiger charge is -2.18. The van der Waals surface area contributed by atoms with Gasteiger partial charge >= 0.3 is 0 Å². The van der Waals surface area contributed by atoms with E-state index in [0.29, 0.717) is 5.69 Å². The Morgan fingerprint density at radius 1 is 0.968 bits per heavy atom. The van der Waals surface area contributed by atoms with E-state index in [4.69, 9.17) is 0 Å². The summed E-state index contributed by atoms with van der Waals surface area (Å²) in [4.78, 5) is 33.3. The van der Waals surface area contributed by atoms with Crippen LogP contribution in [0.5, 0.6) is 0 Å². The SMILES string of the molecule is O=C(/C=C/c1ccc2ccccc2c1)NC(Cn1ccnc1)C(=O)Nc1ccncc1. The highest BCUT2D eigenvalue weighted by Crippen LogP contribution is 2.16. The molecule has 2 N–H and O–H groups in total. The predicted octanol–water partition coefficient (Wildman–Crippen LogP) is 3.27. The molecule has 0 fully saturated rings. The van der Waals surface area contributed by atoms with Crippen molar-refractivity contribution in [1.29, 1.82) is 0 Å². The zero-order valence-electron chi connectivity index (χ0n) is 16.7. The average molecular weight is 411 g/mol. The maximum atomic E-state index is 12.8. The van der Waals surface area contributed by atoms with Crippen molar-refractivity contribution in [3.8, 4) is 0 Å². The molecule has 2 aromatic carbocycles. The first kappa shape index (κ1) is 20.0. The zero-order chi connectivity index (χ0) is 21.5. The number of nitrogens with zero attached hydrogens (tertiary/aromatic N) is 3. The fourth-order valence-electron chi connectivity index (χ4n) is 3.17. The number of amides is 2. The molecule has 0 saturated heterocycles. The van der Waals surface area contributed by atoms with Crippen LogP contribution in [0.4, 0.5) is 5.69 Å². The molecule has 2 aromatic heterocycles. The van der Waals surface area contributed by atoms with Crippen LogP contribution in [-0.2, 0) is 16.1 Å². The highest BCUT2D eigenvalue weighted by Gasteiger charge is 2.20. The third-order valence-electron chi connectivity index (χ3n) is 4.73. The Labute approximate surface area is 179 Å². The van der Waals surface area contributed by atoms with Gasteiger partial charge in [-0.25, -0.2) is 4.98 Å². The molecule has 0 aliphatic carbocycles. The van der Waals surface area contributed by atoms with Crippen LogP contribution in [0, 0.1) is 0 Å².